The molecule has 0 spiro atoms. The van der Waals surface area contributed by atoms with Crippen molar-refractivity contribution in [2.24, 2.45) is 0 Å². The summed E-state index contributed by atoms with van der Waals surface area (Å²) in [4.78, 5) is 44.6. The zero-order valence-electron chi connectivity index (χ0n) is 14.1. The molecule has 142 valence electrons. The zero-order valence-corrected chi connectivity index (χ0v) is 14.1. The van der Waals surface area contributed by atoms with Gasteiger partial charge in [0.15, 0.2) is 0 Å². The number of anilines is 1. The molecule has 0 aliphatic rings. The minimum Gasteiger partial charge on any atom is -0.474 e. The predicted molar refractivity (Wildman–Crippen MR) is 90.1 cm³/mol. The van der Waals surface area contributed by atoms with Gasteiger partial charge in [0, 0.05) is 12.6 Å². The second-order valence-electron chi connectivity index (χ2n) is 5.48. The molecular formula is C16H21N3O7. The van der Waals surface area contributed by atoms with Gasteiger partial charge in [0.1, 0.15) is 6.04 Å². The van der Waals surface area contributed by atoms with Crippen LogP contribution in [0.4, 0.5) is 5.69 Å². The first-order valence-corrected chi connectivity index (χ1v) is 7.69. The van der Waals surface area contributed by atoms with Crippen LogP contribution < -0.4 is 16.0 Å². The van der Waals surface area contributed by atoms with Crippen molar-refractivity contribution < 1.29 is 34.5 Å². The van der Waals surface area contributed by atoms with Gasteiger partial charge >= 0.3 is 11.9 Å². The smallest absolute Gasteiger partial charge is 0.394 e. The number of benzene rings is 1. The fourth-order valence-corrected chi connectivity index (χ4v) is 2.10. The molecule has 0 bridgehead atoms. The van der Waals surface area contributed by atoms with Gasteiger partial charge in [-0.2, -0.15) is 0 Å². The number of rotatable bonds is 8. The first kappa shape index (κ1) is 21.1. The summed E-state index contributed by atoms with van der Waals surface area (Å²) in [6, 6.07) is 4.40. The van der Waals surface area contributed by atoms with E-state index in [0.717, 1.165) is 0 Å². The molecule has 0 unspecified atom stereocenters. The molecule has 26 heavy (non-hydrogen) atoms. The lowest BCUT2D eigenvalue weighted by molar-refractivity contribution is -0.147. The number of carboxylic acid groups (broad SMARTS) is 1. The van der Waals surface area contributed by atoms with E-state index in [0.29, 0.717) is 5.56 Å². The normalized spacial score (nSPS) is 12.6. The molecule has 6 N–H and O–H groups in total. The number of carboxylic acids is 1. The van der Waals surface area contributed by atoms with Crippen LogP contribution in [-0.4, -0.2) is 64.3 Å². The second kappa shape index (κ2) is 10.1. The number of nitrogens with one attached hydrogen (secondary N) is 3. The highest BCUT2D eigenvalue weighted by molar-refractivity contribution is 6.36. The molecule has 0 aromatic heterocycles. The third-order valence-corrected chi connectivity index (χ3v) is 3.33. The first-order chi connectivity index (χ1) is 12.3. The van der Waals surface area contributed by atoms with Crippen molar-refractivity contribution in [2.45, 2.75) is 25.4 Å². The van der Waals surface area contributed by atoms with E-state index in [-0.39, 0.29) is 18.7 Å². The maximum absolute atomic E-state index is 12.0. The highest BCUT2D eigenvalue weighted by Gasteiger charge is 2.21. The molecule has 1 aromatic carbocycles. The van der Waals surface area contributed by atoms with Crippen LogP contribution in [0.3, 0.4) is 0 Å². The van der Waals surface area contributed by atoms with Crippen LogP contribution in [0.2, 0.25) is 0 Å². The average Bonchev–Trinajstić information content (AvgIpc) is 2.60. The van der Waals surface area contributed by atoms with E-state index in [1.807, 2.05) is 0 Å². The number of aliphatic hydroxyl groups is 2. The maximum Gasteiger partial charge on any atom is 0.394 e. The largest absolute Gasteiger partial charge is 0.474 e. The standard InChI is InChI=1S/C16H21N3O7/c1-9(22)17-13(8-21)14(23)19-12(7-20)6-10-2-4-11(5-3-10)18-15(24)16(25)26/h2-5,12-13,20-21H,6-8H2,1H3,(H,17,22)(H,18,24)(H,19,23)(H,25,26)/t12-,13+/m0/s1. The van der Waals surface area contributed by atoms with Gasteiger partial charge in [-0.25, -0.2) is 4.79 Å². The lowest BCUT2D eigenvalue weighted by Crippen LogP contribution is -2.52. The number of aliphatic carboxylic acids is 1. The monoisotopic (exact) mass is 367 g/mol. The Kier molecular flexibility index (Phi) is 8.19. The molecule has 0 aliphatic carbocycles. The number of carbonyl (C=O) groups is 4. The lowest BCUT2D eigenvalue weighted by Gasteiger charge is -2.21. The fraction of sp³-hybridized carbons (Fsp3) is 0.375. The van der Waals surface area contributed by atoms with E-state index < -0.39 is 42.4 Å². The number of hydrogen-bond acceptors (Lipinski definition) is 6. The maximum atomic E-state index is 12.0. The minimum absolute atomic E-state index is 0.244. The van der Waals surface area contributed by atoms with Gasteiger partial charge < -0.3 is 31.3 Å². The Morgan fingerprint density at radius 2 is 1.62 bits per heavy atom. The summed E-state index contributed by atoms with van der Waals surface area (Å²) in [5.74, 6) is -3.87. The molecule has 0 saturated heterocycles. The van der Waals surface area contributed by atoms with Crippen molar-refractivity contribution in [3.63, 3.8) is 0 Å². The molecule has 10 heteroatoms. The molecule has 0 aliphatic heterocycles. The van der Waals surface area contributed by atoms with Crippen LogP contribution >= 0.6 is 0 Å². The van der Waals surface area contributed by atoms with Crippen LogP contribution in [0.15, 0.2) is 24.3 Å². The lowest BCUT2D eigenvalue weighted by atomic mass is 10.1. The van der Waals surface area contributed by atoms with Crippen molar-refractivity contribution in [2.75, 3.05) is 18.5 Å². The van der Waals surface area contributed by atoms with Gasteiger partial charge in [-0.3, -0.25) is 14.4 Å². The van der Waals surface area contributed by atoms with Crippen LogP contribution in [0.5, 0.6) is 0 Å². The van der Waals surface area contributed by atoms with Crippen molar-refractivity contribution in [3.8, 4) is 0 Å². The summed E-state index contributed by atoms with van der Waals surface area (Å²) < 4.78 is 0. The zero-order chi connectivity index (χ0) is 19.7. The third kappa shape index (κ3) is 6.87. The molecule has 0 heterocycles. The fourth-order valence-electron chi connectivity index (χ4n) is 2.10. The summed E-state index contributed by atoms with van der Waals surface area (Å²) in [5, 5.41) is 34.1. The molecule has 0 fully saturated rings. The molecule has 1 aromatic rings. The average molecular weight is 367 g/mol. The van der Waals surface area contributed by atoms with Crippen LogP contribution in [-0.2, 0) is 25.6 Å². The predicted octanol–water partition coefficient (Wildman–Crippen LogP) is -1.77. The second-order valence-corrected chi connectivity index (χ2v) is 5.48. The van der Waals surface area contributed by atoms with Crippen molar-refractivity contribution >= 4 is 29.4 Å². The Morgan fingerprint density at radius 1 is 1.00 bits per heavy atom. The van der Waals surface area contributed by atoms with Gasteiger partial charge in [-0.1, -0.05) is 12.1 Å². The quantitative estimate of drug-likeness (QED) is 0.296. The number of carbonyl (C=O) groups excluding carboxylic acids is 3. The minimum atomic E-state index is -1.60. The summed E-state index contributed by atoms with van der Waals surface area (Å²) in [5.41, 5.74) is 0.995. The van der Waals surface area contributed by atoms with Crippen LogP contribution in [0.1, 0.15) is 12.5 Å². The molecule has 2 atom stereocenters. The summed E-state index contributed by atoms with van der Waals surface area (Å²) in [6.07, 6.45) is 0.244. The van der Waals surface area contributed by atoms with Gasteiger partial charge in [0.25, 0.3) is 0 Å². The Bertz CT molecular complexity index is 660. The third-order valence-electron chi connectivity index (χ3n) is 3.33. The molecular weight excluding hydrogens is 346 g/mol. The van der Waals surface area contributed by atoms with Crippen molar-refractivity contribution in [1.82, 2.24) is 10.6 Å². The molecule has 1 rings (SSSR count). The van der Waals surface area contributed by atoms with Gasteiger partial charge in [-0.05, 0) is 24.1 Å². The van der Waals surface area contributed by atoms with E-state index in [9.17, 15) is 24.3 Å². The topological polar surface area (TPSA) is 165 Å². The molecule has 10 nitrogen and oxygen atoms in total. The molecule has 3 amide bonds. The Balaban J connectivity index is 2.67. The molecule has 0 saturated carbocycles. The van der Waals surface area contributed by atoms with Gasteiger partial charge in [0.2, 0.25) is 11.8 Å². The number of hydrogen-bond donors (Lipinski definition) is 6. The van der Waals surface area contributed by atoms with E-state index in [2.05, 4.69) is 16.0 Å². The van der Waals surface area contributed by atoms with E-state index >= 15 is 0 Å². The SMILES string of the molecule is CC(=O)N[C@H](CO)C(=O)N[C@H](CO)Cc1ccc(NC(=O)C(=O)O)cc1. The Labute approximate surface area is 149 Å². The first-order valence-electron chi connectivity index (χ1n) is 7.69. The Hall–Kier alpha value is -2.98. The van der Waals surface area contributed by atoms with Crippen LogP contribution in [0.25, 0.3) is 0 Å². The van der Waals surface area contributed by atoms with Gasteiger partial charge in [-0.15, -0.1) is 0 Å². The number of aliphatic hydroxyl groups excluding tert-OH is 2. The Morgan fingerprint density at radius 3 is 2.08 bits per heavy atom. The highest BCUT2D eigenvalue weighted by Crippen LogP contribution is 2.11. The van der Waals surface area contributed by atoms with Gasteiger partial charge in [0.05, 0.1) is 19.3 Å². The number of amides is 3. The van der Waals surface area contributed by atoms with Crippen molar-refractivity contribution in [3.05, 3.63) is 29.8 Å². The summed E-state index contributed by atoms with van der Waals surface area (Å²) >= 11 is 0. The van der Waals surface area contributed by atoms with Crippen molar-refractivity contribution in [1.29, 1.82) is 0 Å². The van der Waals surface area contributed by atoms with Crippen LogP contribution in [0, 0.1) is 0 Å². The van der Waals surface area contributed by atoms with E-state index in [1.165, 1.54) is 19.1 Å². The summed E-state index contributed by atoms with van der Waals surface area (Å²) in [7, 11) is 0. The highest BCUT2D eigenvalue weighted by atomic mass is 16.4. The summed E-state index contributed by atoms with van der Waals surface area (Å²) in [6.45, 7) is 0.257. The van der Waals surface area contributed by atoms with E-state index in [1.54, 1.807) is 12.1 Å². The van der Waals surface area contributed by atoms with E-state index in [4.69, 9.17) is 10.2 Å². The molecule has 0 radical (unpaired) electrons.